The Labute approximate surface area is 131 Å². The number of benzene rings is 2. The molecule has 0 saturated carbocycles. The molecule has 0 saturated heterocycles. The van der Waals surface area contributed by atoms with Crippen LogP contribution in [-0.2, 0) is 12.8 Å². The maximum atomic E-state index is 13.3. The first-order valence-corrected chi connectivity index (χ1v) is 8.18. The number of carbonyl (C=O) groups is 1. The van der Waals surface area contributed by atoms with E-state index in [1.165, 1.54) is 22.3 Å². The number of allylic oxidation sites excluding steroid dienone is 2. The van der Waals surface area contributed by atoms with Crippen molar-refractivity contribution in [1.29, 1.82) is 0 Å². The summed E-state index contributed by atoms with van der Waals surface area (Å²) >= 11 is 0. The third kappa shape index (κ3) is 1.75. The van der Waals surface area contributed by atoms with Gasteiger partial charge in [-0.3, -0.25) is 4.79 Å². The van der Waals surface area contributed by atoms with Crippen LogP contribution in [0.4, 0.5) is 0 Å². The van der Waals surface area contributed by atoms with Crippen molar-refractivity contribution in [3.8, 4) is 0 Å². The van der Waals surface area contributed by atoms with Crippen molar-refractivity contribution in [2.24, 2.45) is 5.41 Å². The molecule has 0 aromatic heterocycles. The minimum atomic E-state index is -0.342. The van der Waals surface area contributed by atoms with Crippen LogP contribution >= 0.6 is 0 Å². The summed E-state index contributed by atoms with van der Waals surface area (Å²) < 4.78 is 0. The third-order valence-corrected chi connectivity index (χ3v) is 5.21. The molecule has 22 heavy (non-hydrogen) atoms. The third-order valence-electron chi connectivity index (χ3n) is 5.21. The summed E-state index contributed by atoms with van der Waals surface area (Å²) in [5.74, 6) is 0.327. The molecule has 110 valence electrons. The van der Waals surface area contributed by atoms with E-state index >= 15 is 0 Å². The fourth-order valence-corrected chi connectivity index (χ4v) is 4.28. The average Bonchev–Trinajstić information content (AvgIpc) is 3.09. The molecule has 1 unspecified atom stereocenters. The molecule has 1 heteroatoms. The second-order valence-corrected chi connectivity index (χ2v) is 6.47. The number of ketones is 1. The van der Waals surface area contributed by atoms with Gasteiger partial charge < -0.3 is 0 Å². The van der Waals surface area contributed by atoms with Crippen LogP contribution in [0.3, 0.4) is 0 Å². The minimum Gasteiger partial charge on any atom is -0.293 e. The summed E-state index contributed by atoms with van der Waals surface area (Å²) in [5.41, 5.74) is 5.72. The SMILES string of the molecule is CCCC1(C2=CCc3ccccc32)Cc2ccccc2C1=O. The fourth-order valence-electron chi connectivity index (χ4n) is 4.28. The van der Waals surface area contributed by atoms with Gasteiger partial charge in [0.1, 0.15) is 0 Å². The van der Waals surface area contributed by atoms with E-state index in [1.807, 2.05) is 18.2 Å². The summed E-state index contributed by atoms with van der Waals surface area (Å²) in [7, 11) is 0. The van der Waals surface area contributed by atoms with E-state index in [4.69, 9.17) is 0 Å². The minimum absolute atomic E-state index is 0.327. The molecule has 1 atom stereocenters. The molecule has 0 fully saturated rings. The topological polar surface area (TPSA) is 17.1 Å². The molecule has 0 amide bonds. The van der Waals surface area contributed by atoms with Crippen molar-refractivity contribution >= 4 is 11.4 Å². The Hall–Kier alpha value is -2.15. The predicted molar refractivity (Wildman–Crippen MR) is 89.9 cm³/mol. The van der Waals surface area contributed by atoms with Crippen LogP contribution in [-0.4, -0.2) is 5.78 Å². The number of Topliss-reactive ketones (excluding diaryl/α,β-unsaturated/α-hetero) is 1. The van der Waals surface area contributed by atoms with Gasteiger partial charge in [0.2, 0.25) is 0 Å². The van der Waals surface area contributed by atoms with Gasteiger partial charge >= 0.3 is 0 Å². The zero-order valence-electron chi connectivity index (χ0n) is 12.9. The number of rotatable bonds is 3. The highest BCUT2D eigenvalue weighted by atomic mass is 16.1. The number of hydrogen-bond acceptors (Lipinski definition) is 1. The molecule has 0 aliphatic heterocycles. The largest absolute Gasteiger partial charge is 0.293 e. The summed E-state index contributed by atoms with van der Waals surface area (Å²) in [6, 6.07) is 16.7. The van der Waals surface area contributed by atoms with Crippen LogP contribution in [0.25, 0.3) is 5.57 Å². The van der Waals surface area contributed by atoms with Gasteiger partial charge in [0.15, 0.2) is 5.78 Å². The summed E-state index contributed by atoms with van der Waals surface area (Å²) in [6.45, 7) is 2.18. The number of hydrogen-bond donors (Lipinski definition) is 0. The molecule has 0 spiro atoms. The highest BCUT2D eigenvalue weighted by Crippen LogP contribution is 2.51. The molecule has 2 aromatic carbocycles. The van der Waals surface area contributed by atoms with E-state index in [9.17, 15) is 4.79 Å². The van der Waals surface area contributed by atoms with Gasteiger partial charge in [0.25, 0.3) is 0 Å². The van der Waals surface area contributed by atoms with Crippen molar-refractivity contribution in [3.05, 3.63) is 76.9 Å². The van der Waals surface area contributed by atoms with Gasteiger partial charge in [0.05, 0.1) is 5.41 Å². The van der Waals surface area contributed by atoms with Crippen LogP contribution < -0.4 is 0 Å². The van der Waals surface area contributed by atoms with Crippen molar-refractivity contribution in [2.45, 2.75) is 32.6 Å². The van der Waals surface area contributed by atoms with E-state index in [0.717, 1.165) is 31.2 Å². The summed E-state index contributed by atoms with van der Waals surface area (Å²) in [5, 5.41) is 0. The van der Waals surface area contributed by atoms with Gasteiger partial charge in [0, 0.05) is 5.56 Å². The second-order valence-electron chi connectivity index (χ2n) is 6.47. The second kappa shape index (κ2) is 4.95. The lowest BCUT2D eigenvalue weighted by Gasteiger charge is -2.30. The predicted octanol–water partition coefficient (Wildman–Crippen LogP) is 4.85. The molecule has 0 N–H and O–H groups in total. The Kier molecular flexibility index (Phi) is 3.04. The zero-order chi connectivity index (χ0) is 15.2. The number of fused-ring (bicyclic) bond motifs is 2. The standard InChI is InChI=1S/C21H20O/c1-2-13-21(14-16-8-4-6-10-18(16)20(21)22)19-12-11-15-7-3-5-9-17(15)19/h3-10,12H,2,11,13-14H2,1H3. The lowest BCUT2D eigenvalue weighted by Crippen LogP contribution is -2.29. The maximum Gasteiger partial charge on any atom is 0.173 e. The van der Waals surface area contributed by atoms with Gasteiger partial charge in [-0.1, -0.05) is 68.0 Å². The molecule has 2 aliphatic rings. The molecular weight excluding hydrogens is 268 g/mol. The molecular formula is C21H20O. The fraction of sp³-hybridized carbons (Fsp3) is 0.286. The van der Waals surface area contributed by atoms with Crippen molar-refractivity contribution in [1.82, 2.24) is 0 Å². The van der Waals surface area contributed by atoms with Crippen LogP contribution in [0.2, 0.25) is 0 Å². The summed E-state index contributed by atoms with van der Waals surface area (Å²) in [6.07, 6.45) is 6.07. The van der Waals surface area contributed by atoms with Crippen LogP contribution in [0, 0.1) is 5.41 Å². The van der Waals surface area contributed by atoms with Gasteiger partial charge in [-0.25, -0.2) is 0 Å². The van der Waals surface area contributed by atoms with Crippen LogP contribution in [0.15, 0.2) is 54.6 Å². The Bertz CT molecular complexity index is 784. The Balaban J connectivity index is 1.86. The molecule has 2 aliphatic carbocycles. The van der Waals surface area contributed by atoms with Crippen LogP contribution in [0.5, 0.6) is 0 Å². The monoisotopic (exact) mass is 288 g/mol. The first-order valence-electron chi connectivity index (χ1n) is 8.18. The van der Waals surface area contributed by atoms with Crippen molar-refractivity contribution in [2.75, 3.05) is 0 Å². The highest BCUT2D eigenvalue weighted by Gasteiger charge is 2.48. The Morgan fingerprint density at radius 1 is 0.955 bits per heavy atom. The van der Waals surface area contributed by atoms with E-state index in [1.54, 1.807) is 0 Å². The molecule has 4 rings (SSSR count). The molecule has 1 nitrogen and oxygen atoms in total. The van der Waals surface area contributed by atoms with Crippen LogP contribution in [0.1, 0.15) is 46.8 Å². The van der Waals surface area contributed by atoms with Gasteiger partial charge in [-0.05, 0) is 41.5 Å². The average molecular weight is 288 g/mol. The maximum absolute atomic E-state index is 13.3. The van der Waals surface area contributed by atoms with E-state index in [0.29, 0.717) is 5.78 Å². The molecule has 0 bridgehead atoms. The first kappa shape index (κ1) is 13.5. The highest BCUT2D eigenvalue weighted by molar-refractivity contribution is 6.12. The lowest BCUT2D eigenvalue weighted by atomic mass is 9.71. The van der Waals surface area contributed by atoms with E-state index in [-0.39, 0.29) is 5.41 Å². The Morgan fingerprint density at radius 2 is 1.64 bits per heavy atom. The molecule has 2 aromatic rings. The van der Waals surface area contributed by atoms with E-state index < -0.39 is 0 Å². The lowest BCUT2D eigenvalue weighted by molar-refractivity contribution is 0.0875. The smallest absolute Gasteiger partial charge is 0.173 e. The normalized spacial score (nSPS) is 22.4. The Morgan fingerprint density at radius 3 is 2.36 bits per heavy atom. The van der Waals surface area contributed by atoms with Crippen molar-refractivity contribution < 1.29 is 4.79 Å². The quantitative estimate of drug-likeness (QED) is 0.789. The number of carbonyl (C=O) groups excluding carboxylic acids is 1. The molecule has 0 radical (unpaired) electrons. The zero-order valence-corrected chi connectivity index (χ0v) is 12.9. The van der Waals surface area contributed by atoms with Crippen molar-refractivity contribution in [3.63, 3.8) is 0 Å². The van der Waals surface area contributed by atoms with E-state index in [2.05, 4.69) is 43.3 Å². The van der Waals surface area contributed by atoms with Gasteiger partial charge in [-0.2, -0.15) is 0 Å². The summed E-state index contributed by atoms with van der Waals surface area (Å²) in [4.78, 5) is 13.3. The first-order chi connectivity index (χ1) is 10.8. The van der Waals surface area contributed by atoms with Gasteiger partial charge in [-0.15, -0.1) is 0 Å². The molecule has 0 heterocycles.